The van der Waals surface area contributed by atoms with E-state index in [2.05, 4.69) is 21.1 Å². The van der Waals surface area contributed by atoms with E-state index in [1.807, 2.05) is 0 Å². The molecule has 0 spiro atoms. The molecule has 0 radical (unpaired) electrons. The number of benzene rings is 1. The molecule has 0 aliphatic carbocycles. The summed E-state index contributed by atoms with van der Waals surface area (Å²) in [4.78, 5) is 22.6. The van der Waals surface area contributed by atoms with Gasteiger partial charge >= 0.3 is 12.1 Å². The summed E-state index contributed by atoms with van der Waals surface area (Å²) >= 11 is 0. The van der Waals surface area contributed by atoms with Gasteiger partial charge in [0.25, 0.3) is 0 Å². The van der Waals surface area contributed by atoms with Crippen molar-refractivity contribution in [3.05, 3.63) is 35.1 Å². The van der Waals surface area contributed by atoms with Gasteiger partial charge in [-0.15, -0.1) is 5.53 Å². The lowest BCUT2D eigenvalue weighted by molar-refractivity contribution is -0.144. The molecule has 2 unspecified atom stereocenters. The SMILES string of the molecule is COC(=O)N1NNC(C(=O)O)C(c2cc(F)c(F)c(F)c2)N1. The minimum atomic E-state index is -1.68. The largest absolute Gasteiger partial charge is 0.480 e. The molecule has 2 rings (SSSR count). The highest BCUT2D eigenvalue weighted by Crippen LogP contribution is 2.23. The van der Waals surface area contributed by atoms with Gasteiger partial charge in [0.1, 0.15) is 6.04 Å². The van der Waals surface area contributed by atoms with Crippen molar-refractivity contribution in [2.45, 2.75) is 12.1 Å². The lowest BCUT2D eigenvalue weighted by atomic mass is 9.99. The number of carbonyl (C=O) groups excluding carboxylic acids is 1. The number of aliphatic carboxylic acids is 1. The third kappa shape index (κ3) is 2.95. The van der Waals surface area contributed by atoms with E-state index in [1.54, 1.807) is 0 Å². The molecule has 1 fully saturated rings. The fraction of sp³-hybridized carbons (Fsp3) is 0.273. The molecule has 11 heteroatoms. The highest BCUT2D eigenvalue weighted by Gasteiger charge is 2.37. The van der Waals surface area contributed by atoms with Gasteiger partial charge in [-0.25, -0.2) is 28.8 Å². The van der Waals surface area contributed by atoms with Crippen molar-refractivity contribution in [1.29, 1.82) is 0 Å². The van der Waals surface area contributed by atoms with Crippen LogP contribution in [-0.4, -0.2) is 35.4 Å². The van der Waals surface area contributed by atoms with Gasteiger partial charge in [0.05, 0.1) is 13.2 Å². The molecule has 1 saturated heterocycles. The number of ether oxygens (including phenoxy) is 1. The van der Waals surface area contributed by atoms with E-state index in [0.29, 0.717) is 17.3 Å². The first-order valence-corrected chi connectivity index (χ1v) is 5.87. The number of hydrogen-bond donors (Lipinski definition) is 4. The highest BCUT2D eigenvalue weighted by molar-refractivity contribution is 5.75. The predicted octanol–water partition coefficient (Wildman–Crippen LogP) is 0.194. The molecule has 0 saturated carbocycles. The lowest BCUT2D eigenvalue weighted by Crippen LogP contribution is -2.69. The molecule has 0 bridgehead atoms. The quantitative estimate of drug-likeness (QED) is 0.577. The Morgan fingerprint density at radius 3 is 2.36 bits per heavy atom. The maximum atomic E-state index is 13.3. The van der Waals surface area contributed by atoms with Crippen molar-refractivity contribution in [3.63, 3.8) is 0 Å². The summed E-state index contributed by atoms with van der Waals surface area (Å²) in [5.74, 6) is -6.02. The number of nitrogens with one attached hydrogen (secondary N) is 3. The van der Waals surface area contributed by atoms with E-state index >= 15 is 0 Å². The first-order valence-electron chi connectivity index (χ1n) is 5.87. The van der Waals surface area contributed by atoms with Gasteiger partial charge in [0, 0.05) is 0 Å². The number of amides is 1. The zero-order valence-electron chi connectivity index (χ0n) is 11.1. The van der Waals surface area contributed by atoms with Crippen LogP contribution in [0.2, 0.25) is 0 Å². The summed E-state index contributed by atoms with van der Waals surface area (Å²) in [5.41, 5.74) is 6.62. The van der Waals surface area contributed by atoms with Crippen LogP contribution in [0.3, 0.4) is 0 Å². The van der Waals surface area contributed by atoms with Crippen LogP contribution in [0, 0.1) is 17.5 Å². The lowest BCUT2D eigenvalue weighted by Gasteiger charge is -2.37. The first kappa shape index (κ1) is 16.0. The smallest absolute Gasteiger partial charge is 0.440 e. The Bertz CT molecular complexity index is 592. The Kier molecular flexibility index (Phi) is 4.49. The topological polar surface area (TPSA) is 103 Å². The van der Waals surface area contributed by atoms with E-state index in [4.69, 9.17) is 5.11 Å². The molecule has 1 aromatic carbocycles. The monoisotopic (exact) mass is 320 g/mol. The maximum absolute atomic E-state index is 13.3. The Balaban J connectivity index is 2.37. The fourth-order valence-electron chi connectivity index (χ4n) is 1.88. The van der Waals surface area contributed by atoms with Crippen LogP contribution in [-0.2, 0) is 9.53 Å². The Morgan fingerprint density at radius 1 is 1.27 bits per heavy atom. The second-order valence-corrected chi connectivity index (χ2v) is 4.28. The van der Waals surface area contributed by atoms with Gasteiger partial charge in [0.2, 0.25) is 0 Å². The van der Waals surface area contributed by atoms with Crippen LogP contribution < -0.4 is 16.4 Å². The standard InChI is InChI=1S/C11H11F3N4O4/c1-22-11(21)18-16-8(9(10(19)20)15-17-18)4-2-5(12)7(14)6(13)3-4/h2-3,8-9,15-17H,1H3,(H,19,20). The molecular formula is C11H11F3N4O4. The van der Waals surface area contributed by atoms with Crippen molar-refractivity contribution >= 4 is 12.1 Å². The molecule has 120 valence electrons. The van der Waals surface area contributed by atoms with Gasteiger partial charge in [-0.05, 0) is 17.7 Å². The molecular weight excluding hydrogens is 309 g/mol. The Hall–Kier alpha value is -2.37. The predicted molar refractivity (Wildman–Crippen MR) is 64.1 cm³/mol. The second-order valence-electron chi connectivity index (χ2n) is 4.28. The number of methoxy groups -OCH3 is 1. The number of halogens is 3. The van der Waals surface area contributed by atoms with E-state index in [-0.39, 0.29) is 5.56 Å². The van der Waals surface area contributed by atoms with Crippen molar-refractivity contribution < 1.29 is 32.6 Å². The number of hydrazine groups is 3. The van der Waals surface area contributed by atoms with Crippen LogP contribution in [0.15, 0.2) is 12.1 Å². The van der Waals surface area contributed by atoms with Crippen molar-refractivity contribution in [3.8, 4) is 0 Å². The molecule has 1 aliphatic heterocycles. The van der Waals surface area contributed by atoms with E-state index in [1.165, 1.54) is 0 Å². The number of rotatable bonds is 2. The zero-order valence-corrected chi connectivity index (χ0v) is 11.1. The minimum absolute atomic E-state index is 0.216. The number of carbonyl (C=O) groups is 2. The van der Waals surface area contributed by atoms with Crippen LogP contribution in [0.5, 0.6) is 0 Å². The fourth-order valence-corrected chi connectivity index (χ4v) is 1.88. The van der Waals surface area contributed by atoms with E-state index < -0.39 is 41.6 Å². The average Bonchev–Trinajstić information content (AvgIpc) is 2.50. The molecule has 22 heavy (non-hydrogen) atoms. The zero-order chi connectivity index (χ0) is 16.4. The summed E-state index contributed by atoms with van der Waals surface area (Å²) in [5, 5.41) is 9.75. The maximum Gasteiger partial charge on any atom is 0.440 e. The molecule has 1 aliphatic rings. The van der Waals surface area contributed by atoms with E-state index in [9.17, 15) is 22.8 Å². The van der Waals surface area contributed by atoms with Gasteiger partial charge in [0.15, 0.2) is 17.5 Å². The summed E-state index contributed by atoms with van der Waals surface area (Å²) in [6.45, 7) is 0. The molecule has 2 atom stereocenters. The van der Waals surface area contributed by atoms with Crippen molar-refractivity contribution in [2.75, 3.05) is 7.11 Å². The normalized spacial score (nSPS) is 21.5. The summed E-state index contributed by atoms with van der Waals surface area (Å²) < 4.78 is 44.0. The van der Waals surface area contributed by atoms with E-state index in [0.717, 1.165) is 7.11 Å². The van der Waals surface area contributed by atoms with Gasteiger partial charge < -0.3 is 9.84 Å². The number of hydrogen-bond acceptors (Lipinski definition) is 6. The third-order valence-corrected chi connectivity index (χ3v) is 2.92. The summed E-state index contributed by atoms with van der Waals surface area (Å²) in [7, 11) is 1.07. The van der Waals surface area contributed by atoms with Crippen molar-refractivity contribution in [2.24, 2.45) is 0 Å². The van der Waals surface area contributed by atoms with Gasteiger partial charge in [-0.1, -0.05) is 0 Å². The van der Waals surface area contributed by atoms with Crippen LogP contribution >= 0.6 is 0 Å². The molecule has 4 N–H and O–H groups in total. The Morgan fingerprint density at radius 2 is 1.86 bits per heavy atom. The molecule has 1 amide bonds. The highest BCUT2D eigenvalue weighted by atomic mass is 19.2. The van der Waals surface area contributed by atoms with Gasteiger partial charge in [-0.3, -0.25) is 4.79 Å². The van der Waals surface area contributed by atoms with Gasteiger partial charge in [-0.2, -0.15) is 5.12 Å². The molecule has 8 nitrogen and oxygen atoms in total. The molecule has 0 aromatic heterocycles. The molecule has 1 heterocycles. The third-order valence-electron chi connectivity index (χ3n) is 2.92. The summed E-state index contributed by atoms with van der Waals surface area (Å²) in [6, 6.07) is -1.41. The Labute approximate surface area is 121 Å². The van der Waals surface area contributed by atoms with Crippen LogP contribution in [0.4, 0.5) is 18.0 Å². The number of carboxylic acid groups (broad SMARTS) is 1. The number of carboxylic acids is 1. The van der Waals surface area contributed by atoms with Crippen LogP contribution in [0.25, 0.3) is 0 Å². The van der Waals surface area contributed by atoms with Crippen molar-refractivity contribution in [1.82, 2.24) is 21.5 Å². The first-order chi connectivity index (χ1) is 10.3. The molecule has 1 aromatic rings. The second kappa shape index (κ2) is 6.17. The minimum Gasteiger partial charge on any atom is -0.480 e. The average molecular weight is 320 g/mol. The summed E-state index contributed by atoms with van der Waals surface area (Å²) in [6.07, 6.45) is -0.940. The van der Waals surface area contributed by atoms with Crippen LogP contribution in [0.1, 0.15) is 11.6 Å². The number of nitrogens with zero attached hydrogens (tertiary/aromatic N) is 1.